The van der Waals surface area contributed by atoms with Gasteiger partial charge in [0.15, 0.2) is 0 Å². The van der Waals surface area contributed by atoms with Gasteiger partial charge < -0.3 is 9.31 Å². The Bertz CT molecular complexity index is 509. The van der Waals surface area contributed by atoms with Crippen molar-refractivity contribution in [3.8, 4) is 6.07 Å². The molecule has 0 atom stereocenters. The maximum absolute atomic E-state index is 8.92. The Morgan fingerprint density at radius 1 is 1.22 bits per heavy atom. The normalized spacial score (nSPS) is 20.8. The standard InChI is InChI=1S/C12H14BClN2O2/c1-11(2)12(3,4)18-13(17-11)9-5-8(7-15)6-10(14)16-9/h5-6H,1-4H3. The molecule has 0 unspecified atom stereocenters. The van der Waals surface area contributed by atoms with Gasteiger partial charge in [-0.3, -0.25) is 0 Å². The lowest BCUT2D eigenvalue weighted by molar-refractivity contribution is 0.00578. The zero-order valence-electron chi connectivity index (χ0n) is 10.8. The highest BCUT2D eigenvalue weighted by Gasteiger charge is 2.52. The first-order valence-corrected chi connectivity index (χ1v) is 6.06. The molecule has 1 fully saturated rings. The Kier molecular flexibility index (Phi) is 3.14. The molecule has 0 bridgehead atoms. The monoisotopic (exact) mass is 264 g/mol. The van der Waals surface area contributed by atoms with E-state index in [4.69, 9.17) is 26.2 Å². The van der Waals surface area contributed by atoms with E-state index in [0.717, 1.165) is 0 Å². The fourth-order valence-electron chi connectivity index (χ4n) is 1.67. The summed E-state index contributed by atoms with van der Waals surface area (Å²) in [7, 11) is -0.596. The molecule has 1 aromatic rings. The van der Waals surface area contributed by atoms with E-state index >= 15 is 0 Å². The van der Waals surface area contributed by atoms with E-state index in [9.17, 15) is 0 Å². The summed E-state index contributed by atoms with van der Waals surface area (Å²) in [5, 5.41) is 9.18. The minimum absolute atomic E-state index is 0.263. The summed E-state index contributed by atoms with van der Waals surface area (Å²) in [5.41, 5.74) is 0.0977. The van der Waals surface area contributed by atoms with E-state index in [2.05, 4.69) is 4.98 Å². The van der Waals surface area contributed by atoms with Crippen molar-refractivity contribution in [2.75, 3.05) is 0 Å². The Morgan fingerprint density at radius 2 is 1.78 bits per heavy atom. The fourth-order valence-corrected chi connectivity index (χ4v) is 1.88. The van der Waals surface area contributed by atoms with Crippen LogP contribution in [0.15, 0.2) is 12.1 Å². The fraction of sp³-hybridized carbons (Fsp3) is 0.500. The molecule has 0 spiro atoms. The summed E-state index contributed by atoms with van der Waals surface area (Å²) in [5.74, 6) is 0. The second kappa shape index (κ2) is 4.23. The molecule has 6 heteroatoms. The minimum Gasteiger partial charge on any atom is -0.398 e. The molecule has 0 amide bonds. The Balaban J connectivity index is 2.36. The van der Waals surface area contributed by atoms with Gasteiger partial charge in [0, 0.05) is 0 Å². The summed E-state index contributed by atoms with van der Waals surface area (Å²) >= 11 is 5.88. The Hall–Kier alpha value is -1.09. The number of rotatable bonds is 1. The summed E-state index contributed by atoms with van der Waals surface area (Å²) in [6, 6.07) is 5.18. The molecule has 0 radical (unpaired) electrons. The van der Waals surface area contributed by atoms with Crippen LogP contribution in [0.2, 0.25) is 5.15 Å². The van der Waals surface area contributed by atoms with Gasteiger partial charge in [0.1, 0.15) is 5.15 Å². The maximum Gasteiger partial charge on any atom is 0.514 e. The molecule has 1 aliphatic rings. The average molecular weight is 265 g/mol. The van der Waals surface area contributed by atoms with Crippen molar-refractivity contribution >= 4 is 24.3 Å². The predicted molar refractivity (Wildman–Crippen MR) is 69.7 cm³/mol. The third-order valence-corrected chi connectivity index (χ3v) is 3.63. The molecule has 0 aliphatic carbocycles. The molecule has 0 N–H and O–H groups in total. The van der Waals surface area contributed by atoms with Gasteiger partial charge in [-0.25, -0.2) is 4.98 Å². The molecule has 18 heavy (non-hydrogen) atoms. The second-order valence-electron chi connectivity index (χ2n) is 5.30. The number of halogens is 1. The van der Waals surface area contributed by atoms with Gasteiger partial charge in [0.25, 0.3) is 0 Å². The lowest BCUT2D eigenvalue weighted by Crippen LogP contribution is -2.41. The third kappa shape index (κ3) is 2.24. The van der Waals surface area contributed by atoms with E-state index in [-0.39, 0.29) is 5.15 Å². The highest BCUT2D eigenvalue weighted by atomic mass is 35.5. The van der Waals surface area contributed by atoms with Crippen LogP contribution in [0.1, 0.15) is 33.3 Å². The summed E-state index contributed by atoms with van der Waals surface area (Å²) in [6.07, 6.45) is 0. The molecule has 0 saturated carbocycles. The third-order valence-electron chi connectivity index (χ3n) is 3.44. The maximum atomic E-state index is 8.92. The number of nitriles is 1. The van der Waals surface area contributed by atoms with Crippen molar-refractivity contribution < 1.29 is 9.31 Å². The molecule has 1 aromatic heterocycles. The van der Waals surface area contributed by atoms with Crippen molar-refractivity contribution in [3.63, 3.8) is 0 Å². The molecule has 1 saturated heterocycles. The lowest BCUT2D eigenvalue weighted by atomic mass is 9.83. The first-order valence-electron chi connectivity index (χ1n) is 5.68. The van der Waals surface area contributed by atoms with Gasteiger partial charge >= 0.3 is 7.12 Å². The zero-order valence-corrected chi connectivity index (χ0v) is 11.6. The smallest absolute Gasteiger partial charge is 0.398 e. The first-order chi connectivity index (χ1) is 8.25. The van der Waals surface area contributed by atoms with Crippen molar-refractivity contribution in [2.24, 2.45) is 0 Å². The second-order valence-corrected chi connectivity index (χ2v) is 5.69. The van der Waals surface area contributed by atoms with E-state index in [1.54, 1.807) is 6.07 Å². The minimum atomic E-state index is -0.596. The van der Waals surface area contributed by atoms with Gasteiger partial charge in [-0.05, 0) is 39.8 Å². The molecule has 1 aliphatic heterocycles. The Labute approximate surface area is 112 Å². The molecule has 0 aromatic carbocycles. The van der Waals surface area contributed by atoms with Crippen LogP contribution in [0.3, 0.4) is 0 Å². The van der Waals surface area contributed by atoms with Crippen LogP contribution in [0.25, 0.3) is 0 Å². The largest absolute Gasteiger partial charge is 0.514 e. The van der Waals surface area contributed by atoms with Crippen LogP contribution >= 0.6 is 11.6 Å². The average Bonchev–Trinajstić information content (AvgIpc) is 2.47. The van der Waals surface area contributed by atoms with Crippen molar-refractivity contribution in [2.45, 2.75) is 38.9 Å². The highest BCUT2D eigenvalue weighted by Crippen LogP contribution is 2.36. The molecule has 2 rings (SSSR count). The molecule has 2 heterocycles. The van der Waals surface area contributed by atoms with E-state index in [1.807, 2.05) is 33.8 Å². The van der Waals surface area contributed by atoms with Crippen molar-refractivity contribution in [1.82, 2.24) is 4.98 Å². The topological polar surface area (TPSA) is 55.1 Å². The predicted octanol–water partition coefficient (Wildman–Crippen LogP) is 1.91. The number of hydrogen-bond donors (Lipinski definition) is 0. The summed E-state index contributed by atoms with van der Waals surface area (Å²) in [6.45, 7) is 7.84. The first kappa shape index (κ1) is 13.3. The van der Waals surface area contributed by atoms with E-state index < -0.39 is 18.3 Å². The van der Waals surface area contributed by atoms with Crippen LogP contribution in [0.5, 0.6) is 0 Å². The lowest BCUT2D eigenvalue weighted by Gasteiger charge is -2.32. The molecule has 4 nitrogen and oxygen atoms in total. The number of hydrogen-bond acceptors (Lipinski definition) is 4. The van der Waals surface area contributed by atoms with Gasteiger partial charge in [-0.2, -0.15) is 5.26 Å². The van der Waals surface area contributed by atoms with Crippen molar-refractivity contribution in [3.05, 3.63) is 22.8 Å². The van der Waals surface area contributed by atoms with Gasteiger partial charge in [-0.15, -0.1) is 0 Å². The van der Waals surface area contributed by atoms with Crippen LogP contribution in [-0.2, 0) is 9.31 Å². The van der Waals surface area contributed by atoms with Crippen LogP contribution in [0, 0.1) is 11.3 Å². The van der Waals surface area contributed by atoms with E-state index in [0.29, 0.717) is 11.2 Å². The summed E-state index contributed by atoms with van der Waals surface area (Å²) < 4.78 is 11.7. The van der Waals surface area contributed by atoms with Crippen LogP contribution in [0.4, 0.5) is 0 Å². The zero-order chi connectivity index (χ0) is 13.6. The van der Waals surface area contributed by atoms with Crippen LogP contribution < -0.4 is 5.59 Å². The van der Waals surface area contributed by atoms with Gasteiger partial charge in [0.05, 0.1) is 28.4 Å². The highest BCUT2D eigenvalue weighted by molar-refractivity contribution is 6.61. The number of pyridine rings is 1. The quantitative estimate of drug-likeness (QED) is 0.574. The molecular formula is C12H14BClN2O2. The summed E-state index contributed by atoms with van der Waals surface area (Å²) in [4.78, 5) is 4.16. The van der Waals surface area contributed by atoms with Crippen LogP contribution in [-0.4, -0.2) is 23.3 Å². The molecular weight excluding hydrogens is 250 g/mol. The van der Waals surface area contributed by atoms with E-state index in [1.165, 1.54) is 6.07 Å². The molecule has 94 valence electrons. The Morgan fingerprint density at radius 3 is 2.28 bits per heavy atom. The SMILES string of the molecule is CC1(C)OB(c2cc(C#N)cc(Cl)n2)OC1(C)C. The van der Waals surface area contributed by atoms with Gasteiger partial charge in [-0.1, -0.05) is 11.6 Å². The van der Waals surface area contributed by atoms with Crippen molar-refractivity contribution in [1.29, 1.82) is 5.26 Å². The number of aromatic nitrogens is 1. The number of nitrogens with zero attached hydrogens (tertiary/aromatic N) is 2. The van der Waals surface area contributed by atoms with Gasteiger partial charge in [0.2, 0.25) is 0 Å².